The molecule has 0 radical (unpaired) electrons. The first-order valence-corrected chi connectivity index (χ1v) is 7.71. The largest absolute Gasteiger partial charge is 0.465 e. The van der Waals surface area contributed by atoms with Crippen LogP contribution in [-0.2, 0) is 20.5 Å². The molecule has 0 saturated carbocycles. The number of methoxy groups -OCH3 is 1. The van der Waals surface area contributed by atoms with Crippen molar-refractivity contribution in [3.63, 3.8) is 0 Å². The van der Waals surface area contributed by atoms with E-state index in [9.17, 15) is 27.6 Å². The molecule has 2 aromatic rings. The van der Waals surface area contributed by atoms with Gasteiger partial charge in [-0.25, -0.2) is 10.2 Å². The number of hydrogen-bond donors (Lipinski definition) is 2. The van der Waals surface area contributed by atoms with Crippen molar-refractivity contribution in [3.8, 4) is 0 Å². The second kappa shape index (κ2) is 8.80. The second-order valence-corrected chi connectivity index (χ2v) is 5.31. The van der Waals surface area contributed by atoms with Crippen molar-refractivity contribution < 1.29 is 32.3 Å². The zero-order chi connectivity index (χ0) is 20.7. The fourth-order valence-corrected chi connectivity index (χ4v) is 2.07. The lowest BCUT2D eigenvalue weighted by Gasteiger charge is -2.09. The van der Waals surface area contributed by atoms with E-state index in [1.807, 2.05) is 5.43 Å². The Hall–Kier alpha value is -3.69. The van der Waals surface area contributed by atoms with Crippen molar-refractivity contribution in [2.24, 2.45) is 5.10 Å². The van der Waals surface area contributed by atoms with E-state index in [4.69, 9.17) is 0 Å². The molecule has 2 aromatic carbocycles. The highest BCUT2D eigenvalue weighted by Crippen LogP contribution is 2.31. The summed E-state index contributed by atoms with van der Waals surface area (Å²) in [6.45, 7) is 0. The molecule has 0 unspecified atom stereocenters. The van der Waals surface area contributed by atoms with Gasteiger partial charge in [0.25, 0.3) is 0 Å². The van der Waals surface area contributed by atoms with Crippen molar-refractivity contribution in [2.75, 3.05) is 12.4 Å². The molecule has 0 atom stereocenters. The fraction of sp³-hybridized carbons (Fsp3) is 0.111. The summed E-state index contributed by atoms with van der Waals surface area (Å²) in [5.74, 6) is -2.84. The van der Waals surface area contributed by atoms with E-state index in [0.29, 0.717) is 0 Å². The first kappa shape index (κ1) is 20.6. The van der Waals surface area contributed by atoms with E-state index in [1.165, 1.54) is 49.6 Å². The number of alkyl halides is 3. The fourth-order valence-electron chi connectivity index (χ4n) is 2.07. The Morgan fingerprint density at radius 1 is 1.00 bits per heavy atom. The number of anilines is 1. The van der Waals surface area contributed by atoms with E-state index in [0.717, 1.165) is 12.3 Å². The van der Waals surface area contributed by atoms with Crippen LogP contribution in [0, 0.1) is 0 Å². The number of halogens is 3. The van der Waals surface area contributed by atoms with Crippen molar-refractivity contribution in [1.82, 2.24) is 5.43 Å². The molecule has 0 aromatic heterocycles. The molecule has 0 fully saturated rings. The van der Waals surface area contributed by atoms with Gasteiger partial charge in [-0.2, -0.15) is 18.3 Å². The van der Waals surface area contributed by atoms with Crippen molar-refractivity contribution >= 4 is 29.7 Å². The minimum Gasteiger partial charge on any atom is -0.465 e. The number of hydrazone groups is 1. The SMILES string of the molecule is COC(=O)c1ccc(NC(=O)C(=O)N/N=C/c2ccccc2C(F)(F)F)cc1. The summed E-state index contributed by atoms with van der Waals surface area (Å²) in [6.07, 6.45) is -3.79. The lowest BCUT2D eigenvalue weighted by Crippen LogP contribution is -2.32. The van der Waals surface area contributed by atoms with Crippen molar-refractivity contribution in [2.45, 2.75) is 6.18 Å². The molecule has 0 heterocycles. The molecular formula is C18H14F3N3O4. The highest BCUT2D eigenvalue weighted by Gasteiger charge is 2.32. The zero-order valence-electron chi connectivity index (χ0n) is 14.4. The Labute approximate surface area is 157 Å². The average molecular weight is 393 g/mol. The monoisotopic (exact) mass is 393 g/mol. The third-order valence-corrected chi connectivity index (χ3v) is 3.41. The van der Waals surface area contributed by atoms with E-state index in [-0.39, 0.29) is 16.8 Å². The molecule has 0 aliphatic heterocycles. The van der Waals surface area contributed by atoms with Crippen LogP contribution in [0.4, 0.5) is 18.9 Å². The van der Waals surface area contributed by atoms with E-state index >= 15 is 0 Å². The third kappa shape index (κ3) is 5.40. The summed E-state index contributed by atoms with van der Waals surface area (Å²) < 4.78 is 43.1. The smallest absolute Gasteiger partial charge is 0.417 e. The standard InChI is InChI=1S/C18H14F3N3O4/c1-28-17(27)11-6-8-13(9-7-11)23-15(25)16(26)24-22-10-12-4-2-3-5-14(12)18(19,20)21/h2-10H,1H3,(H,23,25)(H,24,26)/b22-10+. The number of esters is 1. The number of carbonyl (C=O) groups is 3. The van der Waals surface area contributed by atoms with E-state index < -0.39 is 29.5 Å². The van der Waals surface area contributed by atoms with Crippen LogP contribution in [0.15, 0.2) is 53.6 Å². The van der Waals surface area contributed by atoms with Crippen LogP contribution in [0.2, 0.25) is 0 Å². The van der Waals surface area contributed by atoms with Crippen molar-refractivity contribution in [3.05, 3.63) is 65.2 Å². The summed E-state index contributed by atoms with van der Waals surface area (Å²) in [6, 6.07) is 10.1. The first-order chi connectivity index (χ1) is 13.2. The highest BCUT2D eigenvalue weighted by atomic mass is 19.4. The quantitative estimate of drug-likeness (QED) is 0.361. The third-order valence-electron chi connectivity index (χ3n) is 3.41. The summed E-state index contributed by atoms with van der Waals surface area (Å²) in [5.41, 5.74) is 1.12. The predicted molar refractivity (Wildman–Crippen MR) is 93.6 cm³/mol. The molecule has 2 amide bonds. The molecule has 28 heavy (non-hydrogen) atoms. The van der Waals surface area contributed by atoms with Crippen molar-refractivity contribution in [1.29, 1.82) is 0 Å². The Bertz CT molecular complexity index is 909. The molecule has 0 saturated heterocycles. The minimum atomic E-state index is -4.58. The number of amides is 2. The van der Waals surface area contributed by atoms with Crippen LogP contribution in [0.1, 0.15) is 21.5 Å². The Morgan fingerprint density at radius 2 is 1.64 bits per heavy atom. The Kier molecular flexibility index (Phi) is 6.48. The number of rotatable bonds is 4. The van der Waals surface area contributed by atoms with Gasteiger partial charge < -0.3 is 10.1 Å². The number of nitrogens with one attached hydrogen (secondary N) is 2. The highest BCUT2D eigenvalue weighted by molar-refractivity contribution is 6.39. The van der Waals surface area contributed by atoms with Crippen LogP contribution in [-0.4, -0.2) is 31.1 Å². The van der Waals surface area contributed by atoms with Gasteiger partial charge in [0, 0.05) is 11.3 Å². The van der Waals surface area contributed by atoms with Gasteiger partial charge in [0.1, 0.15) is 0 Å². The Morgan fingerprint density at radius 3 is 2.25 bits per heavy atom. The minimum absolute atomic E-state index is 0.221. The van der Waals surface area contributed by atoms with Gasteiger partial charge in [0.2, 0.25) is 0 Å². The maximum atomic E-state index is 12.9. The molecule has 0 spiro atoms. The number of ether oxygens (including phenoxy) is 1. The van der Waals surface area contributed by atoms with Gasteiger partial charge in [0.05, 0.1) is 24.5 Å². The topological polar surface area (TPSA) is 96.9 Å². The van der Waals surface area contributed by atoms with Gasteiger partial charge in [-0.1, -0.05) is 18.2 Å². The van der Waals surface area contributed by atoms with Gasteiger partial charge >= 0.3 is 24.0 Å². The predicted octanol–water partition coefficient (Wildman–Crippen LogP) is 2.58. The molecular weight excluding hydrogens is 379 g/mol. The number of nitrogens with zero attached hydrogens (tertiary/aromatic N) is 1. The van der Waals surface area contributed by atoms with Gasteiger partial charge in [-0.15, -0.1) is 0 Å². The van der Waals surface area contributed by atoms with Gasteiger partial charge in [0.15, 0.2) is 0 Å². The van der Waals surface area contributed by atoms with Crippen LogP contribution in [0.25, 0.3) is 0 Å². The van der Waals surface area contributed by atoms with E-state index in [2.05, 4.69) is 15.2 Å². The van der Waals surface area contributed by atoms with E-state index in [1.54, 1.807) is 0 Å². The lowest BCUT2D eigenvalue weighted by atomic mass is 10.1. The van der Waals surface area contributed by atoms with Crippen LogP contribution >= 0.6 is 0 Å². The molecule has 10 heteroatoms. The lowest BCUT2D eigenvalue weighted by molar-refractivity contribution is -0.137. The average Bonchev–Trinajstić information content (AvgIpc) is 2.67. The maximum Gasteiger partial charge on any atom is 0.417 e. The summed E-state index contributed by atoms with van der Waals surface area (Å²) in [7, 11) is 1.22. The molecule has 0 aliphatic carbocycles. The first-order valence-electron chi connectivity index (χ1n) is 7.71. The van der Waals surface area contributed by atoms with Gasteiger partial charge in [-0.3, -0.25) is 9.59 Å². The molecule has 2 rings (SSSR count). The van der Waals surface area contributed by atoms with Crippen LogP contribution < -0.4 is 10.7 Å². The van der Waals surface area contributed by atoms with Gasteiger partial charge in [-0.05, 0) is 30.3 Å². The van der Waals surface area contributed by atoms with Crippen LogP contribution in [0.5, 0.6) is 0 Å². The normalized spacial score (nSPS) is 11.1. The molecule has 146 valence electrons. The number of benzene rings is 2. The zero-order valence-corrected chi connectivity index (χ0v) is 14.4. The number of carbonyl (C=O) groups excluding carboxylic acids is 3. The Balaban J connectivity index is 1.97. The summed E-state index contributed by atoms with van der Waals surface area (Å²) in [5, 5.41) is 5.63. The molecule has 7 nitrogen and oxygen atoms in total. The van der Waals surface area contributed by atoms with Crippen LogP contribution in [0.3, 0.4) is 0 Å². The molecule has 0 bridgehead atoms. The maximum absolute atomic E-state index is 12.9. The summed E-state index contributed by atoms with van der Waals surface area (Å²) in [4.78, 5) is 34.8. The second-order valence-electron chi connectivity index (χ2n) is 5.31. The molecule has 0 aliphatic rings. The number of hydrogen-bond acceptors (Lipinski definition) is 5. The summed E-state index contributed by atoms with van der Waals surface area (Å²) >= 11 is 0. The molecule has 2 N–H and O–H groups in total.